The summed E-state index contributed by atoms with van der Waals surface area (Å²) in [7, 11) is 0. The number of carboxylic acids is 1. The number of thiophene rings is 1. The zero-order chi connectivity index (χ0) is 16.9. The predicted octanol–water partition coefficient (Wildman–Crippen LogP) is 3.70. The Balaban J connectivity index is 1.75. The van der Waals surface area contributed by atoms with E-state index in [1.54, 1.807) is 29.5 Å². The minimum Gasteiger partial charge on any atom is -0.478 e. The fourth-order valence-corrected chi connectivity index (χ4v) is 3.36. The van der Waals surface area contributed by atoms with Crippen molar-refractivity contribution in [3.05, 3.63) is 52.2 Å². The molecule has 0 bridgehead atoms. The highest BCUT2D eigenvalue weighted by Gasteiger charge is 2.19. The summed E-state index contributed by atoms with van der Waals surface area (Å²) in [5.41, 5.74) is 1.42. The van der Waals surface area contributed by atoms with Crippen LogP contribution in [0.15, 0.2) is 41.8 Å². The summed E-state index contributed by atoms with van der Waals surface area (Å²) in [6.07, 6.45) is 5.33. The van der Waals surface area contributed by atoms with Gasteiger partial charge in [0.25, 0.3) is 0 Å². The van der Waals surface area contributed by atoms with Gasteiger partial charge in [0, 0.05) is 29.7 Å². The molecule has 1 fully saturated rings. The molecule has 0 spiro atoms. The van der Waals surface area contributed by atoms with Crippen LogP contribution in [0.2, 0.25) is 0 Å². The van der Waals surface area contributed by atoms with Crippen LogP contribution in [0, 0.1) is 0 Å². The number of carbonyl (C=O) groups is 2. The Hall–Kier alpha value is -2.60. The van der Waals surface area contributed by atoms with Gasteiger partial charge in [0.15, 0.2) is 0 Å². The number of amides is 1. The lowest BCUT2D eigenvalue weighted by atomic mass is 10.1. The van der Waals surface area contributed by atoms with Gasteiger partial charge in [0.05, 0.1) is 11.3 Å². The molecule has 6 heteroatoms. The number of rotatable bonds is 5. The molecule has 0 unspecified atom stereocenters. The van der Waals surface area contributed by atoms with Crippen LogP contribution >= 0.6 is 11.3 Å². The maximum atomic E-state index is 12.0. The van der Waals surface area contributed by atoms with E-state index >= 15 is 0 Å². The van der Waals surface area contributed by atoms with Gasteiger partial charge in [-0.25, -0.2) is 4.79 Å². The van der Waals surface area contributed by atoms with Crippen LogP contribution in [0.1, 0.15) is 28.1 Å². The molecule has 1 aromatic carbocycles. The highest BCUT2D eigenvalue weighted by atomic mass is 32.1. The average Bonchev–Trinajstić information content (AvgIpc) is 3.26. The lowest BCUT2D eigenvalue weighted by Crippen LogP contribution is -2.21. The zero-order valence-corrected chi connectivity index (χ0v) is 13.9. The SMILES string of the molecule is O=C(C=Cc1cccs1)Nc1ccc(N2CCCC2)c(C(=O)O)c1. The summed E-state index contributed by atoms with van der Waals surface area (Å²) in [4.78, 5) is 26.6. The number of hydrogen-bond acceptors (Lipinski definition) is 4. The minimum atomic E-state index is -0.984. The molecule has 2 heterocycles. The van der Waals surface area contributed by atoms with Crippen molar-refractivity contribution in [1.82, 2.24) is 0 Å². The van der Waals surface area contributed by atoms with Gasteiger partial charge in [-0.1, -0.05) is 6.07 Å². The molecule has 24 heavy (non-hydrogen) atoms. The first-order chi connectivity index (χ1) is 11.6. The number of carboxylic acid groups (broad SMARTS) is 1. The van der Waals surface area contributed by atoms with Crippen molar-refractivity contribution in [1.29, 1.82) is 0 Å². The molecule has 1 saturated heterocycles. The number of aromatic carboxylic acids is 1. The summed E-state index contributed by atoms with van der Waals surface area (Å²) in [5, 5.41) is 14.1. The second-order valence-corrected chi connectivity index (χ2v) is 6.55. The first kappa shape index (κ1) is 16.3. The normalized spacial score (nSPS) is 14.2. The average molecular weight is 342 g/mol. The lowest BCUT2D eigenvalue weighted by Gasteiger charge is -2.20. The van der Waals surface area contributed by atoms with Gasteiger partial charge in [-0.2, -0.15) is 0 Å². The molecule has 2 N–H and O–H groups in total. The van der Waals surface area contributed by atoms with E-state index in [1.165, 1.54) is 12.1 Å². The van der Waals surface area contributed by atoms with Gasteiger partial charge in [0.1, 0.15) is 0 Å². The van der Waals surface area contributed by atoms with Crippen molar-refractivity contribution in [3.8, 4) is 0 Å². The molecule has 2 aromatic rings. The van der Waals surface area contributed by atoms with Crippen LogP contribution in [0.3, 0.4) is 0 Å². The molecule has 1 aliphatic heterocycles. The van der Waals surface area contributed by atoms with Gasteiger partial charge in [-0.3, -0.25) is 4.79 Å². The maximum Gasteiger partial charge on any atom is 0.337 e. The predicted molar refractivity (Wildman–Crippen MR) is 96.8 cm³/mol. The van der Waals surface area contributed by atoms with Gasteiger partial charge in [-0.05, 0) is 48.6 Å². The molecule has 1 aliphatic rings. The Morgan fingerprint density at radius 1 is 1.21 bits per heavy atom. The van der Waals surface area contributed by atoms with E-state index in [4.69, 9.17) is 0 Å². The third-order valence-corrected chi connectivity index (χ3v) is 4.72. The standard InChI is InChI=1S/C18H18N2O3S/c21-17(8-6-14-4-3-11-24-14)19-13-5-7-16(15(12-13)18(22)23)20-9-1-2-10-20/h3-8,11-12H,1-2,9-10H2,(H,19,21)(H,22,23). The third-order valence-electron chi connectivity index (χ3n) is 3.88. The molecule has 0 aliphatic carbocycles. The number of nitrogens with one attached hydrogen (secondary N) is 1. The Morgan fingerprint density at radius 2 is 2.00 bits per heavy atom. The van der Waals surface area contributed by atoms with Crippen LogP contribution in [-0.2, 0) is 4.79 Å². The monoisotopic (exact) mass is 342 g/mol. The number of carbonyl (C=O) groups excluding carboxylic acids is 1. The van der Waals surface area contributed by atoms with Crippen molar-refractivity contribution < 1.29 is 14.7 Å². The fourth-order valence-electron chi connectivity index (χ4n) is 2.75. The van der Waals surface area contributed by atoms with Gasteiger partial charge >= 0.3 is 5.97 Å². The molecule has 124 valence electrons. The third kappa shape index (κ3) is 3.83. The van der Waals surface area contributed by atoms with Crippen LogP contribution < -0.4 is 10.2 Å². The van der Waals surface area contributed by atoms with E-state index in [9.17, 15) is 14.7 Å². The van der Waals surface area contributed by atoms with Crippen molar-refractivity contribution >= 4 is 40.7 Å². The van der Waals surface area contributed by atoms with Gasteiger partial charge in [-0.15, -0.1) is 11.3 Å². The number of benzene rings is 1. The Bertz CT molecular complexity index is 763. The van der Waals surface area contributed by atoms with Crippen LogP contribution in [0.5, 0.6) is 0 Å². The van der Waals surface area contributed by atoms with E-state index in [1.807, 2.05) is 17.5 Å². The topological polar surface area (TPSA) is 69.6 Å². The molecule has 0 radical (unpaired) electrons. The minimum absolute atomic E-state index is 0.219. The second-order valence-electron chi connectivity index (χ2n) is 5.57. The lowest BCUT2D eigenvalue weighted by molar-refractivity contribution is -0.111. The first-order valence-corrected chi connectivity index (χ1v) is 8.66. The van der Waals surface area contributed by atoms with Crippen LogP contribution in [-0.4, -0.2) is 30.1 Å². The van der Waals surface area contributed by atoms with Crippen molar-refractivity contribution in [2.45, 2.75) is 12.8 Å². The maximum absolute atomic E-state index is 12.0. The van der Waals surface area contributed by atoms with Crippen molar-refractivity contribution in [2.24, 2.45) is 0 Å². The summed E-state index contributed by atoms with van der Waals surface area (Å²) in [6.45, 7) is 1.74. The summed E-state index contributed by atoms with van der Waals surface area (Å²) in [6, 6.07) is 8.87. The Labute approximate surface area is 144 Å². The summed E-state index contributed by atoms with van der Waals surface area (Å²) in [5.74, 6) is -1.27. The quantitative estimate of drug-likeness (QED) is 0.813. The summed E-state index contributed by atoms with van der Waals surface area (Å²) >= 11 is 1.54. The second kappa shape index (κ2) is 7.31. The van der Waals surface area contributed by atoms with Gasteiger partial charge < -0.3 is 15.3 Å². The van der Waals surface area contributed by atoms with E-state index in [2.05, 4.69) is 10.2 Å². The highest BCUT2D eigenvalue weighted by molar-refractivity contribution is 7.10. The highest BCUT2D eigenvalue weighted by Crippen LogP contribution is 2.27. The molecule has 1 aromatic heterocycles. The molecule has 5 nitrogen and oxygen atoms in total. The van der Waals surface area contributed by atoms with Crippen LogP contribution in [0.4, 0.5) is 11.4 Å². The molecule has 3 rings (SSSR count). The van der Waals surface area contributed by atoms with Crippen LogP contribution in [0.25, 0.3) is 6.08 Å². The largest absolute Gasteiger partial charge is 0.478 e. The Kier molecular flexibility index (Phi) is 4.96. The van der Waals surface area contributed by atoms with E-state index < -0.39 is 5.97 Å². The van der Waals surface area contributed by atoms with E-state index in [0.29, 0.717) is 11.4 Å². The first-order valence-electron chi connectivity index (χ1n) is 7.78. The molecular formula is C18H18N2O3S. The number of nitrogens with zero attached hydrogens (tertiary/aromatic N) is 1. The fraction of sp³-hybridized carbons (Fsp3) is 0.222. The molecular weight excluding hydrogens is 324 g/mol. The molecule has 0 saturated carbocycles. The summed E-state index contributed by atoms with van der Waals surface area (Å²) < 4.78 is 0. The molecule has 1 amide bonds. The smallest absolute Gasteiger partial charge is 0.337 e. The van der Waals surface area contributed by atoms with Gasteiger partial charge in [0.2, 0.25) is 5.91 Å². The number of hydrogen-bond donors (Lipinski definition) is 2. The van der Waals surface area contributed by atoms with Crippen molar-refractivity contribution in [3.63, 3.8) is 0 Å². The van der Waals surface area contributed by atoms with E-state index in [-0.39, 0.29) is 11.5 Å². The number of anilines is 2. The van der Waals surface area contributed by atoms with Crippen molar-refractivity contribution in [2.75, 3.05) is 23.3 Å². The zero-order valence-electron chi connectivity index (χ0n) is 13.1. The molecule has 0 atom stereocenters. The van der Waals surface area contributed by atoms with E-state index in [0.717, 1.165) is 30.8 Å². The Morgan fingerprint density at radius 3 is 2.67 bits per heavy atom.